The second-order valence-electron chi connectivity index (χ2n) is 8.21. The molecule has 2 aromatic heterocycles. The van der Waals surface area contributed by atoms with E-state index in [-0.39, 0.29) is 23.8 Å². The van der Waals surface area contributed by atoms with Crippen molar-refractivity contribution in [2.45, 2.75) is 44.2 Å². The highest BCUT2D eigenvalue weighted by atomic mass is 16.5. The minimum absolute atomic E-state index is 0.0237. The molecule has 0 atom stereocenters. The van der Waals surface area contributed by atoms with Gasteiger partial charge in [0.1, 0.15) is 5.76 Å². The molecule has 1 amide bonds. The number of morpholine rings is 1. The van der Waals surface area contributed by atoms with Crippen molar-refractivity contribution in [1.29, 1.82) is 0 Å². The van der Waals surface area contributed by atoms with Crippen LogP contribution in [-0.4, -0.2) is 71.6 Å². The number of hydrogen-bond acceptors (Lipinski definition) is 7. The molecule has 9 nitrogen and oxygen atoms in total. The lowest BCUT2D eigenvalue weighted by atomic mass is 9.79. The molecule has 1 aliphatic heterocycles. The Kier molecular flexibility index (Phi) is 7.03. The maximum absolute atomic E-state index is 12.4. The molecule has 0 aromatic carbocycles. The van der Waals surface area contributed by atoms with E-state index in [0.29, 0.717) is 18.8 Å². The minimum Gasteiger partial charge on any atom is -0.452 e. The standard InChI is InChI=1S/C22H30N4O5/c27-20(23-17-22(7-2-1-3-8-22)25-11-13-29-14-12-25)16-30-21(28)19-6-5-18(31-19)15-26-10-4-9-24-26/h4-6,9-10H,1-3,7-8,11-17H2,(H,23,27). The van der Waals surface area contributed by atoms with E-state index in [1.54, 1.807) is 29.2 Å². The molecule has 168 valence electrons. The summed E-state index contributed by atoms with van der Waals surface area (Å²) in [4.78, 5) is 27.1. The van der Waals surface area contributed by atoms with E-state index in [1.165, 1.54) is 19.3 Å². The van der Waals surface area contributed by atoms with Gasteiger partial charge in [-0.2, -0.15) is 5.10 Å². The molecule has 31 heavy (non-hydrogen) atoms. The summed E-state index contributed by atoms with van der Waals surface area (Å²) in [6.45, 7) is 3.92. The van der Waals surface area contributed by atoms with E-state index >= 15 is 0 Å². The predicted octanol–water partition coefficient (Wildman–Crippen LogP) is 1.83. The van der Waals surface area contributed by atoms with E-state index < -0.39 is 5.97 Å². The van der Waals surface area contributed by atoms with Gasteiger partial charge in [0.15, 0.2) is 6.61 Å². The molecular formula is C22H30N4O5. The molecule has 1 saturated carbocycles. The number of rotatable bonds is 8. The normalized spacial score (nSPS) is 19.1. The quantitative estimate of drug-likeness (QED) is 0.638. The molecule has 2 aliphatic rings. The number of esters is 1. The minimum atomic E-state index is -0.651. The number of amides is 1. The molecule has 0 spiro atoms. The smallest absolute Gasteiger partial charge is 0.374 e. The van der Waals surface area contributed by atoms with Crippen molar-refractivity contribution >= 4 is 11.9 Å². The molecule has 1 N–H and O–H groups in total. The van der Waals surface area contributed by atoms with Crippen molar-refractivity contribution in [2.24, 2.45) is 0 Å². The second-order valence-corrected chi connectivity index (χ2v) is 8.21. The Morgan fingerprint density at radius 2 is 1.97 bits per heavy atom. The highest BCUT2D eigenvalue weighted by molar-refractivity contribution is 5.88. The van der Waals surface area contributed by atoms with Crippen LogP contribution in [0.4, 0.5) is 0 Å². The molecule has 4 rings (SSSR count). The molecule has 1 saturated heterocycles. The van der Waals surface area contributed by atoms with E-state index in [4.69, 9.17) is 13.9 Å². The van der Waals surface area contributed by atoms with E-state index in [0.717, 1.165) is 39.1 Å². The van der Waals surface area contributed by atoms with Crippen LogP contribution >= 0.6 is 0 Å². The van der Waals surface area contributed by atoms with Crippen molar-refractivity contribution in [3.8, 4) is 0 Å². The van der Waals surface area contributed by atoms with Gasteiger partial charge >= 0.3 is 5.97 Å². The van der Waals surface area contributed by atoms with Crippen molar-refractivity contribution in [3.63, 3.8) is 0 Å². The molecule has 2 aromatic rings. The molecule has 1 aliphatic carbocycles. The van der Waals surface area contributed by atoms with Gasteiger partial charge < -0.3 is 19.2 Å². The Balaban J connectivity index is 1.25. The number of ether oxygens (including phenoxy) is 2. The maximum atomic E-state index is 12.4. The summed E-state index contributed by atoms with van der Waals surface area (Å²) in [7, 11) is 0. The monoisotopic (exact) mass is 430 g/mol. The average Bonchev–Trinajstić information content (AvgIpc) is 3.50. The zero-order chi connectivity index (χ0) is 21.5. The third kappa shape index (κ3) is 5.54. The van der Waals surface area contributed by atoms with Crippen LogP contribution in [0.2, 0.25) is 0 Å². The van der Waals surface area contributed by atoms with Crippen LogP contribution in [0.5, 0.6) is 0 Å². The third-order valence-electron chi connectivity index (χ3n) is 6.16. The first-order valence-corrected chi connectivity index (χ1v) is 11.0. The van der Waals surface area contributed by atoms with Gasteiger partial charge in [-0.25, -0.2) is 4.79 Å². The van der Waals surface area contributed by atoms with Crippen LogP contribution in [0, 0.1) is 0 Å². The lowest BCUT2D eigenvalue weighted by Gasteiger charge is -2.48. The topological polar surface area (TPSA) is 98.8 Å². The summed E-state index contributed by atoms with van der Waals surface area (Å²) in [5.41, 5.74) is -0.0237. The van der Waals surface area contributed by atoms with Crippen molar-refractivity contribution in [2.75, 3.05) is 39.5 Å². The zero-order valence-electron chi connectivity index (χ0n) is 17.8. The van der Waals surface area contributed by atoms with Gasteiger partial charge in [-0.05, 0) is 31.0 Å². The molecule has 0 radical (unpaired) electrons. The van der Waals surface area contributed by atoms with Crippen LogP contribution in [0.25, 0.3) is 0 Å². The fourth-order valence-corrected chi connectivity index (χ4v) is 4.49. The predicted molar refractivity (Wildman–Crippen MR) is 112 cm³/mol. The van der Waals surface area contributed by atoms with Gasteiger partial charge in [0.25, 0.3) is 5.91 Å². The first kappa shape index (κ1) is 21.6. The third-order valence-corrected chi connectivity index (χ3v) is 6.16. The highest BCUT2D eigenvalue weighted by Gasteiger charge is 2.38. The van der Waals surface area contributed by atoms with Crippen LogP contribution in [0.1, 0.15) is 48.4 Å². The summed E-state index contributed by atoms with van der Waals surface area (Å²) >= 11 is 0. The van der Waals surface area contributed by atoms with Gasteiger partial charge in [-0.15, -0.1) is 0 Å². The molecule has 9 heteroatoms. The molecule has 3 heterocycles. The van der Waals surface area contributed by atoms with E-state index in [2.05, 4.69) is 15.3 Å². The summed E-state index contributed by atoms with van der Waals surface area (Å²) in [6.07, 6.45) is 9.19. The van der Waals surface area contributed by atoms with Crippen LogP contribution < -0.4 is 5.32 Å². The molecule has 0 unspecified atom stereocenters. The summed E-state index contributed by atoms with van der Waals surface area (Å²) in [6, 6.07) is 5.06. The SMILES string of the molecule is O=C(COC(=O)c1ccc(Cn2cccn2)o1)NCC1(N2CCOCC2)CCCCC1. The summed E-state index contributed by atoms with van der Waals surface area (Å²) in [5.74, 6) is -0.283. The Morgan fingerprint density at radius 1 is 1.16 bits per heavy atom. The van der Waals surface area contributed by atoms with Gasteiger partial charge in [-0.1, -0.05) is 19.3 Å². The van der Waals surface area contributed by atoms with Crippen molar-refractivity contribution in [3.05, 3.63) is 42.1 Å². The zero-order valence-corrected chi connectivity index (χ0v) is 17.8. The Bertz CT molecular complexity index is 851. The van der Waals surface area contributed by atoms with Crippen LogP contribution in [0.15, 0.2) is 35.0 Å². The average molecular weight is 431 g/mol. The molecule has 0 bridgehead atoms. The van der Waals surface area contributed by atoms with Gasteiger partial charge in [-0.3, -0.25) is 14.4 Å². The van der Waals surface area contributed by atoms with Crippen LogP contribution in [-0.2, 0) is 20.8 Å². The van der Waals surface area contributed by atoms with Gasteiger partial charge in [0.05, 0.1) is 19.8 Å². The lowest BCUT2D eigenvalue weighted by molar-refractivity contribution is -0.125. The fourth-order valence-electron chi connectivity index (χ4n) is 4.49. The molecular weight excluding hydrogens is 400 g/mol. The number of carbonyl (C=O) groups is 2. The Hall–Kier alpha value is -2.65. The second kappa shape index (κ2) is 10.1. The number of hydrogen-bond donors (Lipinski definition) is 1. The number of nitrogens with one attached hydrogen (secondary N) is 1. The number of aromatic nitrogens is 2. The van der Waals surface area contributed by atoms with Crippen LogP contribution in [0.3, 0.4) is 0 Å². The highest BCUT2D eigenvalue weighted by Crippen LogP contribution is 2.33. The largest absolute Gasteiger partial charge is 0.452 e. The fraction of sp³-hybridized carbons (Fsp3) is 0.591. The van der Waals surface area contributed by atoms with Gasteiger partial charge in [0.2, 0.25) is 5.76 Å². The van der Waals surface area contributed by atoms with E-state index in [1.807, 2.05) is 6.07 Å². The maximum Gasteiger partial charge on any atom is 0.374 e. The van der Waals surface area contributed by atoms with Crippen molar-refractivity contribution in [1.82, 2.24) is 20.0 Å². The summed E-state index contributed by atoms with van der Waals surface area (Å²) < 4.78 is 17.9. The molecule has 2 fully saturated rings. The first-order valence-electron chi connectivity index (χ1n) is 11.0. The number of carbonyl (C=O) groups excluding carboxylic acids is 2. The van der Waals surface area contributed by atoms with Gasteiger partial charge in [0, 0.05) is 37.6 Å². The Morgan fingerprint density at radius 3 is 2.71 bits per heavy atom. The van der Waals surface area contributed by atoms with E-state index in [9.17, 15) is 9.59 Å². The number of nitrogens with zero attached hydrogens (tertiary/aromatic N) is 3. The number of furan rings is 1. The Labute approximate surface area is 181 Å². The lowest BCUT2D eigenvalue weighted by Crippen LogP contribution is -2.59. The van der Waals surface area contributed by atoms with Crippen molar-refractivity contribution < 1.29 is 23.5 Å². The first-order chi connectivity index (χ1) is 15.1. The summed E-state index contributed by atoms with van der Waals surface area (Å²) in [5, 5.41) is 7.09.